The van der Waals surface area contributed by atoms with Gasteiger partial charge in [0.25, 0.3) is 0 Å². The zero-order valence-corrected chi connectivity index (χ0v) is 22.1. The summed E-state index contributed by atoms with van der Waals surface area (Å²) in [6, 6.07) is 23.1. The highest BCUT2D eigenvalue weighted by atomic mass is 16.6. The van der Waals surface area contributed by atoms with E-state index in [4.69, 9.17) is 9.47 Å². The van der Waals surface area contributed by atoms with Gasteiger partial charge in [-0.2, -0.15) is 0 Å². The van der Waals surface area contributed by atoms with Gasteiger partial charge < -0.3 is 35.2 Å². The lowest BCUT2D eigenvalue weighted by atomic mass is 10.0. The number of aliphatic hydroxyl groups excluding tert-OH is 1. The third-order valence-electron chi connectivity index (χ3n) is 6.95. The number of carbonyl (C=O) groups is 2. The maximum Gasteiger partial charge on any atom is 0.408 e. The zero-order valence-electron chi connectivity index (χ0n) is 22.1. The Bertz CT molecular complexity index is 1580. The molecule has 0 saturated heterocycles. The second kappa shape index (κ2) is 12.5. The number of amides is 2. The molecule has 9 nitrogen and oxygen atoms in total. The number of fused-ring (bicyclic) bond motifs is 2. The molecule has 2 amide bonds. The largest absolute Gasteiger partial charge is 0.445 e. The van der Waals surface area contributed by atoms with Gasteiger partial charge in [0.05, 0.1) is 6.04 Å². The van der Waals surface area contributed by atoms with Gasteiger partial charge in [-0.05, 0) is 35.2 Å². The molecule has 40 heavy (non-hydrogen) atoms. The minimum Gasteiger partial charge on any atom is -0.445 e. The van der Waals surface area contributed by atoms with Crippen molar-refractivity contribution < 1.29 is 24.2 Å². The van der Waals surface area contributed by atoms with Crippen molar-refractivity contribution in [2.45, 2.75) is 37.8 Å². The van der Waals surface area contributed by atoms with Crippen molar-refractivity contribution in [2.24, 2.45) is 0 Å². The molecule has 0 spiro atoms. The van der Waals surface area contributed by atoms with Crippen LogP contribution in [0.4, 0.5) is 4.79 Å². The first-order valence-corrected chi connectivity index (χ1v) is 13.1. The summed E-state index contributed by atoms with van der Waals surface area (Å²) in [6.07, 6.45) is 2.22. The minimum atomic E-state index is -1.27. The van der Waals surface area contributed by atoms with Gasteiger partial charge in [-0.25, -0.2) is 4.79 Å². The highest BCUT2D eigenvalue weighted by Gasteiger charge is 2.29. The fourth-order valence-electron chi connectivity index (χ4n) is 4.84. The highest BCUT2D eigenvalue weighted by Crippen LogP contribution is 2.21. The Morgan fingerprint density at radius 1 is 0.800 bits per heavy atom. The van der Waals surface area contributed by atoms with Crippen LogP contribution in [0.25, 0.3) is 21.8 Å². The Morgan fingerprint density at radius 2 is 1.38 bits per heavy atom. The second-order valence-corrected chi connectivity index (χ2v) is 9.63. The van der Waals surface area contributed by atoms with Crippen molar-refractivity contribution in [1.29, 1.82) is 0 Å². The lowest BCUT2D eigenvalue weighted by molar-refractivity contribution is -0.131. The molecule has 0 radical (unpaired) electrons. The molecular formula is C31H32N4O5. The average molecular weight is 541 g/mol. The molecule has 0 aliphatic rings. The Hall–Kier alpha value is -4.60. The van der Waals surface area contributed by atoms with Crippen molar-refractivity contribution in [1.82, 2.24) is 20.6 Å². The Morgan fingerprint density at radius 3 is 2.00 bits per heavy atom. The number of aromatic amines is 2. The highest BCUT2D eigenvalue weighted by molar-refractivity contribution is 5.89. The van der Waals surface area contributed by atoms with E-state index in [1.165, 1.54) is 7.11 Å². The van der Waals surface area contributed by atoms with Crippen molar-refractivity contribution in [3.05, 3.63) is 108 Å². The number of carbonyl (C=O) groups excluding carboxylic acids is 2. The van der Waals surface area contributed by atoms with Gasteiger partial charge >= 0.3 is 6.09 Å². The van der Waals surface area contributed by atoms with E-state index in [1.54, 1.807) is 0 Å². The van der Waals surface area contributed by atoms with Gasteiger partial charge in [0.15, 0.2) is 6.29 Å². The number of hydrogen-bond donors (Lipinski definition) is 5. The monoisotopic (exact) mass is 540 g/mol. The molecule has 0 fully saturated rings. The molecule has 0 aliphatic heterocycles. The quantitative estimate of drug-likeness (QED) is 0.161. The number of para-hydroxylation sites is 2. The molecule has 206 valence electrons. The first kappa shape index (κ1) is 27.0. The predicted molar refractivity (Wildman–Crippen MR) is 153 cm³/mol. The molecule has 0 aliphatic carbocycles. The molecule has 9 heteroatoms. The predicted octanol–water partition coefficient (Wildman–Crippen LogP) is 4.18. The Kier molecular flexibility index (Phi) is 8.44. The summed E-state index contributed by atoms with van der Waals surface area (Å²) < 4.78 is 10.6. The van der Waals surface area contributed by atoms with Crippen LogP contribution in [0, 0.1) is 0 Å². The summed E-state index contributed by atoms with van der Waals surface area (Å²) in [6.45, 7) is 0.0691. The van der Waals surface area contributed by atoms with E-state index in [2.05, 4.69) is 20.6 Å². The van der Waals surface area contributed by atoms with Crippen LogP contribution in [0.15, 0.2) is 91.3 Å². The molecule has 1 unspecified atom stereocenters. The van der Waals surface area contributed by atoms with Gasteiger partial charge in [-0.15, -0.1) is 0 Å². The number of aliphatic hydroxyl groups is 1. The fourth-order valence-corrected chi connectivity index (χ4v) is 4.84. The fraction of sp³-hybridized carbons (Fsp3) is 0.226. The summed E-state index contributed by atoms with van der Waals surface area (Å²) in [5, 5.41) is 18.2. The van der Waals surface area contributed by atoms with Crippen LogP contribution in [0.5, 0.6) is 0 Å². The molecule has 5 aromatic rings. The molecular weight excluding hydrogens is 508 g/mol. The van der Waals surface area contributed by atoms with E-state index >= 15 is 0 Å². The molecule has 5 N–H and O–H groups in total. The number of alkyl carbamates (subject to hydrolysis) is 1. The Labute approximate surface area is 231 Å². The lowest BCUT2D eigenvalue weighted by Crippen LogP contribution is -2.54. The van der Waals surface area contributed by atoms with E-state index in [9.17, 15) is 14.7 Å². The standard InChI is InChI=1S/C31H32N4O5/c1-39-30(37)28(16-22-18-33-26-14-8-6-12-24(22)26)34-29(36)27(15-21-17-32-25-13-7-5-11-23(21)25)35-31(38)40-19-20-9-3-2-4-10-20/h2-14,17-18,27-28,30,32-33,37H,15-16,19H2,1H3,(H,34,36)(H,35,38)/t27-,28-,30?/m0/s1. The van der Waals surface area contributed by atoms with Crippen molar-refractivity contribution in [3.8, 4) is 0 Å². The molecule has 2 heterocycles. The van der Waals surface area contributed by atoms with Crippen LogP contribution in [0.3, 0.4) is 0 Å². The second-order valence-electron chi connectivity index (χ2n) is 9.63. The third kappa shape index (κ3) is 6.33. The third-order valence-corrected chi connectivity index (χ3v) is 6.95. The van der Waals surface area contributed by atoms with Crippen LogP contribution in [-0.4, -0.2) is 52.6 Å². The Balaban J connectivity index is 1.35. The molecule has 0 saturated carbocycles. The summed E-state index contributed by atoms with van der Waals surface area (Å²) in [5.74, 6) is -0.470. The maximum atomic E-state index is 13.7. The van der Waals surface area contributed by atoms with Crippen LogP contribution in [0.1, 0.15) is 16.7 Å². The van der Waals surface area contributed by atoms with Crippen molar-refractivity contribution in [2.75, 3.05) is 7.11 Å². The summed E-state index contributed by atoms with van der Waals surface area (Å²) in [5.41, 5.74) is 4.49. The summed E-state index contributed by atoms with van der Waals surface area (Å²) in [7, 11) is 1.38. The van der Waals surface area contributed by atoms with Crippen LogP contribution < -0.4 is 10.6 Å². The van der Waals surface area contributed by atoms with Crippen LogP contribution >= 0.6 is 0 Å². The molecule has 0 bridgehead atoms. The molecule has 2 aromatic heterocycles. The summed E-state index contributed by atoms with van der Waals surface area (Å²) in [4.78, 5) is 32.9. The van der Waals surface area contributed by atoms with Gasteiger partial charge in [0.2, 0.25) is 5.91 Å². The first-order valence-electron chi connectivity index (χ1n) is 13.1. The zero-order chi connectivity index (χ0) is 27.9. The summed E-state index contributed by atoms with van der Waals surface area (Å²) >= 11 is 0. The number of methoxy groups -OCH3 is 1. The van der Waals surface area contributed by atoms with Gasteiger partial charge in [-0.3, -0.25) is 4.79 Å². The minimum absolute atomic E-state index is 0.0691. The van der Waals surface area contributed by atoms with Crippen molar-refractivity contribution in [3.63, 3.8) is 0 Å². The molecule has 5 rings (SSSR count). The maximum absolute atomic E-state index is 13.7. The average Bonchev–Trinajstić information content (AvgIpc) is 3.59. The number of benzene rings is 3. The van der Waals surface area contributed by atoms with Gasteiger partial charge in [0.1, 0.15) is 12.6 Å². The number of nitrogens with one attached hydrogen (secondary N) is 4. The number of ether oxygens (including phenoxy) is 2. The van der Waals surface area contributed by atoms with Gasteiger partial charge in [0, 0.05) is 47.7 Å². The molecule has 3 atom stereocenters. The number of hydrogen-bond acceptors (Lipinski definition) is 5. The van der Waals surface area contributed by atoms with E-state index in [-0.39, 0.29) is 13.0 Å². The topological polar surface area (TPSA) is 128 Å². The van der Waals surface area contributed by atoms with Crippen LogP contribution in [0.2, 0.25) is 0 Å². The number of H-pyrrole nitrogens is 2. The van der Waals surface area contributed by atoms with E-state index in [0.29, 0.717) is 6.42 Å². The van der Waals surface area contributed by atoms with E-state index < -0.39 is 30.4 Å². The smallest absolute Gasteiger partial charge is 0.408 e. The van der Waals surface area contributed by atoms with E-state index in [0.717, 1.165) is 38.5 Å². The SMILES string of the molecule is COC(O)[C@H](Cc1c[nH]c2ccccc12)NC(=O)[C@H](Cc1c[nH]c2ccccc12)NC(=O)OCc1ccccc1. The van der Waals surface area contributed by atoms with E-state index in [1.807, 2.05) is 91.3 Å². The first-order chi connectivity index (χ1) is 19.5. The normalized spacial score (nSPS) is 13.6. The number of rotatable bonds is 11. The number of aromatic nitrogens is 2. The van der Waals surface area contributed by atoms with Crippen molar-refractivity contribution >= 4 is 33.8 Å². The lowest BCUT2D eigenvalue weighted by Gasteiger charge is -2.26. The van der Waals surface area contributed by atoms with Crippen LogP contribution in [-0.2, 0) is 33.7 Å². The van der Waals surface area contributed by atoms with Gasteiger partial charge in [-0.1, -0.05) is 66.7 Å². The molecule has 3 aromatic carbocycles.